The number of para-hydroxylation sites is 1. The first-order valence-electron chi connectivity index (χ1n) is 8.55. The molecule has 140 valence electrons. The van der Waals surface area contributed by atoms with Crippen LogP contribution in [0.1, 0.15) is 15.9 Å². The van der Waals surface area contributed by atoms with E-state index in [9.17, 15) is 4.79 Å². The molecule has 2 aromatic carbocycles. The molecular weight excluding hydrogens is 410 g/mol. The number of nitrogens with zero attached hydrogens (tertiary/aromatic N) is 3. The Morgan fingerprint density at radius 2 is 1.96 bits per heavy atom. The van der Waals surface area contributed by atoms with Gasteiger partial charge in [0.2, 0.25) is 0 Å². The Morgan fingerprint density at radius 1 is 1.14 bits per heavy atom. The van der Waals surface area contributed by atoms with Crippen LogP contribution in [0.2, 0.25) is 5.02 Å². The van der Waals surface area contributed by atoms with Gasteiger partial charge < -0.3 is 0 Å². The second-order valence-electron chi connectivity index (χ2n) is 6.06. The van der Waals surface area contributed by atoms with Crippen molar-refractivity contribution in [3.63, 3.8) is 0 Å². The molecule has 0 aliphatic rings. The minimum Gasteiger partial charge on any atom is -0.279 e. The van der Waals surface area contributed by atoms with Crippen LogP contribution in [0, 0.1) is 0 Å². The van der Waals surface area contributed by atoms with Crippen molar-refractivity contribution in [2.75, 3.05) is 11.2 Å². The highest BCUT2D eigenvalue weighted by Crippen LogP contribution is 2.35. The van der Waals surface area contributed by atoms with E-state index >= 15 is 0 Å². The number of benzene rings is 2. The lowest BCUT2D eigenvalue weighted by Gasteiger charge is -2.20. The second kappa shape index (κ2) is 8.31. The summed E-state index contributed by atoms with van der Waals surface area (Å²) < 4.78 is 1.06. The van der Waals surface area contributed by atoms with Gasteiger partial charge in [0.05, 0.1) is 16.8 Å². The van der Waals surface area contributed by atoms with Gasteiger partial charge in [-0.25, -0.2) is 4.98 Å². The Labute approximate surface area is 176 Å². The number of amides is 1. The zero-order valence-corrected chi connectivity index (χ0v) is 17.4. The maximum absolute atomic E-state index is 13.3. The summed E-state index contributed by atoms with van der Waals surface area (Å²) in [7, 11) is 0. The number of halogens is 1. The molecule has 28 heavy (non-hydrogen) atoms. The van der Waals surface area contributed by atoms with Crippen molar-refractivity contribution in [3.8, 4) is 0 Å². The Hall–Kier alpha value is -2.41. The van der Waals surface area contributed by atoms with E-state index in [4.69, 9.17) is 16.6 Å². The topological polar surface area (TPSA) is 46.1 Å². The average Bonchev–Trinajstić information content (AvgIpc) is 3.17. The summed E-state index contributed by atoms with van der Waals surface area (Å²) in [5.74, 6) is -0.120. The van der Waals surface area contributed by atoms with Crippen molar-refractivity contribution in [3.05, 3.63) is 83.1 Å². The molecule has 4 rings (SSSR count). The van der Waals surface area contributed by atoms with Crippen LogP contribution in [0.15, 0.2) is 71.9 Å². The SMILES string of the molecule is CSc1cccc2sc(N(Cc3cccnc3)C(=O)c3ccc(Cl)cc3)nc12. The van der Waals surface area contributed by atoms with Crippen molar-refractivity contribution in [2.45, 2.75) is 11.4 Å². The Kier molecular flexibility index (Phi) is 5.62. The van der Waals surface area contributed by atoms with Gasteiger partial charge in [-0.3, -0.25) is 14.7 Å². The molecular formula is C21H16ClN3OS2. The van der Waals surface area contributed by atoms with Crippen LogP contribution in [0.3, 0.4) is 0 Å². The molecule has 7 heteroatoms. The van der Waals surface area contributed by atoms with Gasteiger partial charge in [0.15, 0.2) is 5.13 Å². The molecule has 0 atom stereocenters. The minimum atomic E-state index is -0.120. The predicted molar refractivity (Wildman–Crippen MR) is 118 cm³/mol. The minimum absolute atomic E-state index is 0.120. The average molecular weight is 426 g/mol. The number of carbonyl (C=O) groups is 1. The molecule has 0 bridgehead atoms. The summed E-state index contributed by atoms with van der Waals surface area (Å²) in [6.45, 7) is 0.393. The van der Waals surface area contributed by atoms with Gasteiger partial charge in [0.1, 0.15) is 0 Å². The third kappa shape index (κ3) is 3.90. The Balaban J connectivity index is 1.78. The number of anilines is 1. The predicted octanol–water partition coefficient (Wildman–Crippen LogP) is 5.91. The number of pyridine rings is 1. The first-order valence-corrected chi connectivity index (χ1v) is 11.0. The number of rotatable bonds is 5. The van der Waals surface area contributed by atoms with Gasteiger partial charge in [-0.1, -0.05) is 35.1 Å². The molecule has 4 aromatic rings. The molecule has 0 fully saturated rings. The van der Waals surface area contributed by atoms with Crippen LogP contribution < -0.4 is 4.90 Å². The summed E-state index contributed by atoms with van der Waals surface area (Å²) in [6.07, 6.45) is 5.51. The third-order valence-electron chi connectivity index (χ3n) is 4.22. The lowest BCUT2D eigenvalue weighted by atomic mass is 10.2. The highest BCUT2D eigenvalue weighted by molar-refractivity contribution is 7.98. The standard InChI is InChI=1S/C21H16ClN3OS2/c1-27-17-5-2-6-18-19(17)24-21(28-18)25(13-14-4-3-11-23-12-14)20(26)15-7-9-16(22)10-8-15/h2-12H,13H2,1H3. The van der Waals surface area contributed by atoms with E-state index in [1.165, 1.54) is 11.3 Å². The van der Waals surface area contributed by atoms with E-state index in [2.05, 4.69) is 4.98 Å². The molecule has 0 N–H and O–H groups in total. The maximum atomic E-state index is 13.3. The van der Waals surface area contributed by atoms with Crippen LogP contribution in [-0.2, 0) is 6.54 Å². The van der Waals surface area contributed by atoms with Gasteiger partial charge >= 0.3 is 0 Å². The molecule has 0 radical (unpaired) electrons. The van der Waals surface area contributed by atoms with Gasteiger partial charge in [-0.2, -0.15) is 0 Å². The van der Waals surface area contributed by atoms with Crippen LogP contribution in [0.5, 0.6) is 0 Å². The van der Waals surface area contributed by atoms with Crippen molar-refractivity contribution < 1.29 is 4.79 Å². The summed E-state index contributed by atoms with van der Waals surface area (Å²) in [5, 5.41) is 1.26. The monoisotopic (exact) mass is 425 g/mol. The Morgan fingerprint density at radius 3 is 2.68 bits per heavy atom. The zero-order chi connectivity index (χ0) is 19.5. The quantitative estimate of drug-likeness (QED) is 0.372. The van der Waals surface area contributed by atoms with Gasteiger partial charge in [-0.15, -0.1) is 11.8 Å². The molecule has 2 aromatic heterocycles. The largest absolute Gasteiger partial charge is 0.279 e. The highest BCUT2D eigenvalue weighted by atomic mass is 35.5. The van der Waals surface area contributed by atoms with Crippen LogP contribution >= 0.6 is 34.7 Å². The van der Waals surface area contributed by atoms with Gasteiger partial charge in [0.25, 0.3) is 5.91 Å². The van der Waals surface area contributed by atoms with Crippen LogP contribution in [0.25, 0.3) is 10.2 Å². The van der Waals surface area contributed by atoms with E-state index in [1.807, 2.05) is 36.6 Å². The van der Waals surface area contributed by atoms with Crippen molar-refractivity contribution in [2.24, 2.45) is 0 Å². The molecule has 1 amide bonds. The van der Waals surface area contributed by atoms with E-state index < -0.39 is 0 Å². The smallest absolute Gasteiger partial charge is 0.260 e. The van der Waals surface area contributed by atoms with Crippen LogP contribution in [-0.4, -0.2) is 22.1 Å². The van der Waals surface area contributed by atoms with Crippen molar-refractivity contribution in [1.29, 1.82) is 0 Å². The number of hydrogen-bond donors (Lipinski definition) is 0. The summed E-state index contributed by atoms with van der Waals surface area (Å²) in [6, 6.07) is 16.8. The molecule has 2 heterocycles. The van der Waals surface area contributed by atoms with Gasteiger partial charge in [-0.05, 0) is 54.3 Å². The molecule has 0 aliphatic carbocycles. The van der Waals surface area contributed by atoms with Crippen molar-refractivity contribution in [1.82, 2.24) is 9.97 Å². The van der Waals surface area contributed by atoms with E-state index in [-0.39, 0.29) is 5.91 Å². The summed E-state index contributed by atoms with van der Waals surface area (Å²) in [4.78, 5) is 25.1. The number of carbonyl (C=O) groups excluding carboxylic acids is 1. The molecule has 0 saturated carbocycles. The third-order valence-corrected chi connectivity index (χ3v) is 6.29. The molecule has 0 unspecified atom stereocenters. The molecule has 0 spiro atoms. The molecule has 0 aliphatic heterocycles. The number of aromatic nitrogens is 2. The summed E-state index contributed by atoms with van der Waals surface area (Å²) >= 11 is 9.15. The fourth-order valence-electron chi connectivity index (χ4n) is 2.84. The van der Waals surface area contributed by atoms with E-state index in [0.29, 0.717) is 22.3 Å². The first-order chi connectivity index (χ1) is 13.7. The number of thiazole rings is 1. The highest BCUT2D eigenvalue weighted by Gasteiger charge is 2.22. The summed E-state index contributed by atoms with van der Waals surface area (Å²) in [5.41, 5.74) is 2.43. The fraction of sp³-hybridized carbons (Fsp3) is 0.0952. The Bertz CT molecular complexity index is 1110. The lowest BCUT2D eigenvalue weighted by Crippen LogP contribution is -2.30. The fourth-order valence-corrected chi connectivity index (χ4v) is 4.58. The molecule has 4 nitrogen and oxygen atoms in total. The van der Waals surface area contributed by atoms with Crippen molar-refractivity contribution >= 4 is 56.0 Å². The normalized spacial score (nSPS) is 10.9. The number of hydrogen-bond acceptors (Lipinski definition) is 5. The number of fused-ring (bicyclic) bond motifs is 1. The van der Waals surface area contributed by atoms with Crippen LogP contribution in [0.4, 0.5) is 5.13 Å². The van der Waals surface area contributed by atoms with E-state index in [1.54, 1.807) is 53.3 Å². The number of thioether (sulfide) groups is 1. The molecule has 0 saturated heterocycles. The second-order valence-corrected chi connectivity index (χ2v) is 8.36. The maximum Gasteiger partial charge on any atom is 0.260 e. The van der Waals surface area contributed by atoms with Gasteiger partial charge in [0, 0.05) is 27.9 Å². The first kappa shape index (κ1) is 18.9. The zero-order valence-electron chi connectivity index (χ0n) is 15.0. The van der Waals surface area contributed by atoms with E-state index in [0.717, 1.165) is 20.7 Å². The lowest BCUT2D eigenvalue weighted by molar-refractivity contribution is 0.0985.